The Morgan fingerprint density at radius 2 is 1.91 bits per heavy atom. The first-order valence-corrected chi connectivity index (χ1v) is 8.89. The molecule has 0 bridgehead atoms. The highest BCUT2D eigenvalue weighted by Crippen LogP contribution is 2.34. The number of carbonyl (C=O) groups is 1. The Balaban J connectivity index is 0.00000156. The average molecular weight is 319 g/mol. The van der Waals surface area contributed by atoms with Crippen molar-refractivity contribution in [1.82, 2.24) is 14.9 Å². The minimum atomic E-state index is -0.150. The van der Waals surface area contributed by atoms with E-state index in [1.807, 2.05) is 4.90 Å². The van der Waals surface area contributed by atoms with Crippen LogP contribution in [0.1, 0.15) is 54.6 Å². The largest absolute Gasteiger partial charge is 0.336 e. The number of nitrogens with one attached hydrogen (secondary N) is 1. The van der Waals surface area contributed by atoms with E-state index in [2.05, 4.69) is 9.97 Å². The lowest BCUT2D eigenvalue weighted by atomic mass is 10.2. The van der Waals surface area contributed by atoms with Crippen molar-refractivity contribution in [2.75, 3.05) is 13.1 Å². The lowest BCUT2D eigenvalue weighted by Gasteiger charge is -2.19. The number of aromatic amines is 1. The number of hydrogen-bond donors (Lipinski definition) is 1. The van der Waals surface area contributed by atoms with Crippen LogP contribution in [0.2, 0.25) is 0 Å². The van der Waals surface area contributed by atoms with Gasteiger partial charge in [-0.3, -0.25) is 9.59 Å². The number of fused-ring (bicyclic) bond motifs is 3. The molecule has 118 valence electrons. The number of hydrogen-bond acceptors (Lipinski definition) is 4. The number of thiophene rings is 1. The average Bonchev–Trinajstić information content (AvgIpc) is 2.96. The van der Waals surface area contributed by atoms with Gasteiger partial charge in [-0.2, -0.15) is 0 Å². The molecule has 22 heavy (non-hydrogen) atoms. The lowest BCUT2D eigenvalue weighted by Crippen LogP contribution is -2.34. The molecule has 0 radical (unpaired) electrons. The fraction of sp³-hybridized carbons (Fsp3) is 0.562. The van der Waals surface area contributed by atoms with Crippen LogP contribution in [0.4, 0.5) is 0 Å². The summed E-state index contributed by atoms with van der Waals surface area (Å²) in [6.07, 6.45) is 7.52. The first kappa shape index (κ1) is 13.9. The molecule has 0 atom stereocenters. The zero-order chi connectivity index (χ0) is 15.1. The normalized spacial score (nSPS) is 18.5. The fourth-order valence-electron chi connectivity index (χ4n) is 3.53. The van der Waals surface area contributed by atoms with Gasteiger partial charge in [0.25, 0.3) is 11.5 Å². The molecule has 2 aliphatic rings. The molecule has 0 aromatic carbocycles. The Kier molecular flexibility index (Phi) is 3.48. The quantitative estimate of drug-likeness (QED) is 0.879. The molecule has 0 saturated carbocycles. The van der Waals surface area contributed by atoms with Crippen LogP contribution < -0.4 is 5.56 Å². The summed E-state index contributed by atoms with van der Waals surface area (Å²) in [4.78, 5) is 36.1. The second-order valence-corrected chi connectivity index (χ2v) is 7.24. The van der Waals surface area contributed by atoms with E-state index in [1.54, 1.807) is 11.3 Å². The smallest absolute Gasteiger partial charge is 0.289 e. The van der Waals surface area contributed by atoms with Gasteiger partial charge in [0.15, 0.2) is 0 Å². The number of carbonyl (C=O) groups excluding carboxylic acids is 1. The second-order valence-electron chi connectivity index (χ2n) is 6.16. The summed E-state index contributed by atoms with van der Waals surface area (Å²) in [5.41, 5.74) is 1.00. The van der Waals surface area contributed by atoms with Crippen molar-refractivity contribution in [1.29, 1.82) is 0 Å². The van der Waals surface area contributed by atoms with Crippen LogP contribution in [-0.2, 0) is 12.8 Å². The van der Waals surface area contributed by atoms with Gasteiger partial charge in [-0.15, -0.1) is 11.3 Å². The molecule has 5 nitrogen and oxygen atoms in total. The van der Waals surface area contributed by atoms with Gasteiger partial charge in [0.05, 0.1) is 5.39 Å². The van der Waals surface area contributed by atoms with Gasteiger partial charge in [-0.1, -0.05) is 12.8 Å². The maximum Gasteiger partial charge on any atom is 0.289 e. The molecule has 2 aromatic heterocycles. The van der Waals surface area contributed by atoms with E-state index in [4.69, 9.17) is 0 Å². The number of aromatic nitrogens is 2. The highest BCUT2D eigenvalue weighted by molar-refractivity contribution is 7.18. The molecule has 1 saturated heterocycles. The third-order valence-corrected chi connectivity index (χ3v) is 5.86. The first-order chi connectivity index (χ1) is 10.7. The second kappa shape index (κ2) is 5.50. The zero-order valence-corrected chi connectivity index (χ0v) is 13.3. The summed E-state index contributed by atoms with van der Waals surface area (Å²) in [7, 11) is 0. The highest BCUT2D eigenvalue weighted by Gasteiger charge is 2.24. The number of aryl methyl sites for hydroxylation is 2. The Labute approximate surface area is 133 Å². The van der Waals surface area contributed by atoms with Crippen molar-refractivity contribution in [3.63, 3.8) is 0 Å². The van der Waals surface area contributed by atoms with Crippen molar-refractivity contribution in [2.24, 2.45) is 0 Å². The van der Waals surface area contributed by atoms with Gasteiger partial charge < -0.3 is 9.88 Å². The molecule has 2 aromatic rings. The van der Waals surface area contributed by atoms with E-state index in [-0.39, 0.29) is 18.7 Å². The molecule has 6 heteroatoms. The maximum atomic E-state index is 12.6. The Hall–Kier alpha value is -1.69. The standard InChI is InChI=1S/C16H19N3O2S.H2/c20-14-12-10-6-5-7-11(10)22-15(12)18-13(17-14)16(21)19-8-3-1-2-4-9-19;/h1-9H2,(H,17,18,20);1H. The summed E-state index contributed by atoms with van der Waals surface area (Å²) in [5.74, 6) is 0.0776. The van der Waals surface area contributed by atoms with Gasteiger partial charge in [0.1, 0.15) is 4.83 Å². The van der Waals surface area contributed by atoms with E-state index in [1.165, 1.54) is 17.7 Å². The summed E-state index contributed by atoms with van der Waals surface area (Å²) in [6, 6.07) is 0. The zero-order valence-electron chi connectivity index (χ0n) is 12.5. The monoisotopic (exact) mass is 319 g/mol. The number of rotatable bonds is 1. The van der Waals surface area contributed by atoms with E-state index in [0.717, 1.165) is 55.6 Å². The van der Waals surface area contributed by atoms with Crippen molar-refractivity contribution >= 4 is 27.5 Å². The molecule has 1 fully saturated rings. The van der Waals surface area contributed by atoms with E-state index >= 15 is 0 Å². The molecule has 0 spiro atoms. The van der Waals surface area contributed by atoms with Crippen LogP contribution in [0.25, 0.3) is 10.2 Å². The van der Waals surface area contributed by atoms with E-state index in [9.17, 15) is 9.59 Å². The first-order valence-electron chi connectivity index (χ1n) is 8.08. The summed E-state index contributed by atoms with van der Waals surface area (Å²) in [5, 5.41) is 0.713. The van der Waals surface area contributed by atoms with Gasteiger partial charge in [0, 0.05) is 19.4 Å². The highest BCUT2D eigenvalue weighted by atomic mass is 32.1. The van der Waals surface area contributed by atoms with Gasteiger partial charge >= 0.3 is 0 Å². The molecule has 1 N–H and O–H groups in total. The molecule has 0 unspecified atom stereocenters. The minimum absolute atomic E-state index is 0. The summed E-state index contributed by atoms with van der Waals surface area (Å²) < 4.78 is 0. The Morgan fingerprint density at radius 3 is 2.68 bits per heavy atom. The number of H-pyrrole nitrogens is 1. The van der Waals surface area contributed by atoms with E-state index < -0.39 is 0 Å². The third kappa shape index (κ3) is 2.26. The molecule has 1 aliphatic heterocycles. The lowest BCUT2D eigenvalue weighted by molar-refractivity contribution is 0.0749. The molecule has 3 heterocycles. The minimum Gasteiger partial charge on any atom is -0.336 e. The van der Waals surface area contributed by atoms with Crippen molar-refractivity contribution in [3.8, 4) is 0 Å². The van der Waals surface area contributed by atoms with Crippen molar-refractivity contribution in [3.05, 3.63) is 26.6 Å². The predicted octanol–water partition coefficient (Wildman–Crippen LogP) is 2.74. The summed E-state index contributed by atoms with van der Waals surface area (Å²) in [6.45, 7) is 1.53. The number of amides is 1. The molecule has 4 rings (SSSR count). The van der Waals surface area contributed by atoms with Crippen LogP contribution in [0.15, 0.2) is 4.79 Å². The molecular weight excluding hydrogens is 298 g/mol. The van der Waals surface area contributed by atoms with Crippen LogP contribution in [0.5, 0.6) is 0 Å². The van der Waals surface area contributed by atoms with E-state index in [0.29, 0.717) is 5.39 Å². The van der Waals surface area contributed by atoms with Gasteiger partial charge in [-0.25, -0.2) is 4.98 Å². The number of likely N-dealkylation sites (tertiary alicyclic amines) is 1. The number of nitrogens with zero attached hydrogens (tertiary/aromatic N) is 2. The topological polar surface area (TPSA) is 66.1 Å². The molecule has 1 amide bonds. The SMILES string of the molecule is O=C(c1nc2sc3c(c2c(=O)[nH]1)CCC3)N1CCCCCC1.[HH]. The maximum absolute atomic E-state index is 12.6. The summed E-state index contributed by atoms with van der Waals surface area (Å²) >= 11 is 1.58. The van der Waals surface area contributed by atoms with Crippen LogP contribution in [0, 0.1) is 0 Å². The van der Waals surface area contributed by atoms with Crippen LogP contribution in [-0.4, -0.2) is 33.9 Å². The van der Waals surface area contributed by atoms with Crippen molar-refractivity contribution in [2.45, 2.75) is 44.9 Å². The van der Waals surface area contributed by atoms with Crippen LogP contribution >= 0.6 is 11.3 Å². The van der Waals surface area contributed by atoms with Gasteiger partial charge in [-0.05, 0) is 37.7 Å². The predicted molar refractivity (Wildman–Crippen MR) is 88.8 cm³/mol. The van der Waals surface area contributed by atoms with Gasteiger partial charge in [0.2, 0.25) is 5.82 Å². The van der Waals surface area contributed by atoms with Crippen molar-refractivity contribution < 1.29 is 6.22 Å². The Morgan fingerprint density at radius 1 is 1.14 bits per heavy atom. The molecule has 1 aliphatic carbocycles. The third-order valence-electron chi connectivity index (χ3n) is 4.67. The van der Waals surface area contributed by atoms with Crippen LogP contribution in [0.3, 0.4) is 0 Å². The Bertz CT molecular complexity index is 790. The molecular formula is C16H21N3O2S. The fourth-order valence-corrected chi connectivity index (χ4v) is 4.79.